The van der Waals surface area contributed by atoms with Gasteiger partial charge in [0.05, 0.1) is 40.2 Å². The van der Waals surface area contributed by atoms with E-state index in [-0.39, 0.29) is 23.7 Å². The van der Waals surface area contributed by atoms with Gasteiger partial charge < -0.3 is 4.74 Å². The molecule has 1 aliphatic heterocycles. The molecule has 0 aromatic heterocycles. The van der Waals surface area contributed by atoms with Gasteiger partial charge in [0.2, 0.25) is 0 Å². The number of ether oxygens (including phenoxy) is 1. The van der Waals surface area contributed by atoms with Crippen LogP contribution < -0.4 is 5.01 Å². The number of anilines is 1. The molecule has 2 atom stereocenters. The average molecular weight is 474 g/mol. The van der Waals surface area contributed by atoms with Crippen molar-refractivity contribution in [3.8, 4) is 6.07 Å². The Balaban J connectivity index is 1.60. The van der Waals surface area contributed by atoms with Crippen LogP contribution in [0.15, 0.2) is 65.8 Å². The Morgan fingerprint density at radius 3 is 2.71 bits per heavy atom. The maximum absolute atomic E-state index is 13.7. The first kappa shape index (κ1) is 22.1. The zero-order valence-electron chi connectivity index (χ0n) is 18.5. The SMILES string of the molecule is CCOC(=O)c1ccc2c(c1)CCC1C2=NN(c2ccc(C#N)c(Cl)c2)C1c1ccc(F)cc1. The second kappa shape index (κ2) is 8.92. The van der Waals surface area contributed by atoms with Crippen molar-refractivity contribution in [1.82, 2.24) is 0 Å². The zero-order chi connectivity index (χ0) is 23.8. The van der Waals surface area contributed by atoms with Gasteiger partial charge in [-0.15, -0.1) is 0 Å². The molecule has 0 spiro atoms. The third kappa shape index (κ3) is 3.82. The van der Waals surface area contributed by atoms with Crippen molar-refractivity contribution in [2.24, 2.45) is 11.0 Å². The minimum Gasteiger partial charge on any atom is -0.462 e. The van der Waals surface area contributed by atoms with Gasteiger partial charge in [-0.05, 0) is 73.4 Å². The monoisotopic (exact) mass is 473 g/mol. The number of rotatable bonds is 4. The van der Waals surface area contributed by atoms with Crippen molar-refractivity contribution < 1.29 is 13.9 Å². The second-order valence-corrected chi connectivity index (χ2v) is 8.75. The van der Waals surface area contributed by atoms with E-state index in [2.05, 4.69) is 6.07 Å². The van der Waals surface area contributed by atoms with Crippen LogP contribution in [-0.2, 0) is 11.2 Å². The lowest BCUT2D eigenvalue weighted by atomic mass is 9.77. The van der Waals surface area contributed by atoms with E-state index >= 15 is 0 Å². The highest BCUT2D eigenvalue weighted by Crippen LogP contribution is 2.46. The molecule has 34 heavy (non-hydrogen) atoms. The van der Waals surface area contributed by atoms with E-state index in [0.717, 1.165) is 40.9 Å². The lowest BCUT2D eigenvalue weighted by Gasteiger charge is -2.31. The lowest BCUT2D eigenvalue weighted by molar-refractivity contribution is 0.0526. The number of halogens is 2. The predicted molar refractivity (Wildman–Crippen MR) is 129 cm³/mol. The number of carbonyl (C=O) groups is 1. The molecule has 7 heteroatoms. The number of esters is 1. The minimum absolute atomic E-state index is 0.0702. The number of nitrogens with zero attached hydrogens (tertiary/aromatic N) is 3. The second-order valence-electron chi connectivity index (χ2n) is 8.34. The van der Waals surface area contributed by atoms with Crippen LogP contribution >= 0.6 is 11.6 Å². The first-order valence-corrected chi connectivity index (χ1v) is 11.5. The molecule has 3 aromatic carbocycles. The molecule has 0 saturated carbocycles. The van der Waals surface area contributed by atoms with Crippen LogP contribution in [0.5, 0.6) is 0 Å². The van der Waals surface area contributed by atoms with Crippen molar-refractivity contribution in [3.63, 3.8) is 0 Å². The first-order chi connectivity index (χ1) is 16.5. The number of aryl methyl sites for hydroxylation is 1. The van der Waals surface area contributed by atoms with Gasteiger partial charge in [0.1, 0.15) is 11.9 Å². The maximum atomic E-state index is 13.7. The summed E-state index contributed by atoms with van der Waals surface area (Å²) >= 11 is 6.34. The lowest BCUT2D eigenvalue weighted by Crippen LogP contribution is -2.29. The number of hydrazone groups is 1. The molecule has 0 bridgehead atoms. The van der Waals surface area contributed by atoms with Crippen LogP contribution in [-0.4, -0.2) is 18.3 Å². The van der Waals surface area contributed by atoms with E-state index < -0.39 is 0 Å². The van der Waals surface area contributed by atoms with Gasteiger partial charge in [0, 0.05) is 11.5 Å². The van der Waals surface area contributed by atoms with E-state index in [0.29, 0.717) is 22.8 Å². The molecule has 0 fully saturated rings. The standard InChI is InChI=1S/C27H21ClFN3O2/c1-2-34-27(33)18-7-11-22-17(13-18)6-12-23-25(22)31-32(21-10-5-19(15-30)24(28)14-21)26(23)16-3-8-20(29)9-4-16/h3-5,7-11,13-14,23,26H,2,6,12H2,1H3. The number of fused-ring (bicyclic) bond motifs is 3. The summed E-state index contributed by atoms with van der Waals surface area (Å²) in [6.45, 7) is 2.11. The smallest absolute Gasteiger partial charge is 0.338 e. The van der Waals surface area contributed by atoms with Gasteiger partial charge >= 0.3 is 5.97 Å². The summed E-state index contributed by atoms with van der Waals surface area (Å²) in [6, 6.07) is 19.3. The van der Waals surface area contributed by atoms with Gasteiger partial charge in [-0.25, -0.2) is 9.18 Å². The number of benzene rings is 3. The first-order valence-electron chi connectivity index (χ1n) is 11.1. The molecule has 1 heterocycles. The molecule has 0 radical (unpaired) electrons. The fourth-order valence-electron chi connectivity index (χ4n) is 4.81. The van der Waals surface area contributed by atoms with Crippen LogP contribution in [0.25, 0.3) is 0 Å². The third-order valence-electron chi connectivity index (χ3n) is 6.38. The fourth-order valence-corrected chi connectivity index (χ4v) is 5.03. The number of nitriles is 1. The van der Waals surface area contributed by atoms with Crippen LogP contribution in [0.3, 0.4) is 0 Å². The van der Waals surface area contributed by atoms with Crippen LogP contribution in [0, 0.1) is 23.1 Å². The van der Waals surface area contributed by atoms with Gasteiger partial charge in [0.15, 0.2) is 0 Å². The van der Waals surface area contributed by atoms with Crippen molar-refractivity contribution in [1.29, 1.82) is 5.26 Å². The van der Waals surface area contributed by atoms with E-state index in [1.165, 1.54) is 12.1 Å². The molecule has 5 nitrogen and oxygen atoms in total. The molecule has 170 valence electrons. The van der Waals surface area contributed by atoms with E-state index in [4.69, 9.17) is 21.4 Å². The van der Waals surface area contributed by atoms with Crippen molar-refractivity contribution in [2.75, 3.05) is 11.6 Å². The van der Waals surface area contributed by atoms with Crippen molar-refractivity contribution in [2.45, 2.75) is 25.8 Å². The normalized spacial score (nSPS) is 18.5. The Kier molecular flexibility index (Phi) is 5.80. The zero-order valence-corrected chi connectivity index (χ0v) is 19.2. The average Bonchev–Trinajstić information content (AvgIpc) is 3.24. The molecule has 2 unspecified atom stereocenters. The molecule has 3 aromatic rings. The van der Waals surface area contributed by atoms with Crippen LogP contribution in [0.2, 0.25) is 5.02 Å². The summed E-state index contributed by atoms with van der Waals surface area (Å²) in [4.78, 5) is 12.2. The quantitative estimate of drug-likeness (QED) is 0.432. The fraction of sp³-hybridized carbons (Fsp3) is 0.222. The molecular formula is C27H21ClFN3O2. The highest BCUT2D eigenvalue weighted by Gasteiger charge is 2.42. The van der Waals surface area contributed by atoms with Gasteiger partial charge in [-0.3, -0.25) is 5.01 Å². The topological polar surface area (TPSA) is 65.7 Å². The largest absolute Gasteiger partial charge is 0.462 e. The van der Waals surface area contributed by atoms with E-state index in [9.17, 15) is 14.4 Å². The molecular weight excluding hydrogens is 453 g/mol. The number of hydrogen-bond donors (Lipinski definition) is 0. The Bertz CT molecular complexity index is 1350. The third-order valence-corrected chi connectivity index (χ3v) is 6.69. The molecule has 2 aliphatic rings. The summed E-state index contributed by atoms with van der Waals surface area (Å²) in [6.07, 6.45) is 1.60. The minimum atomic E-state index is -0.334. The summed E-state index contributed by atoms with van der Waals surface area (Å²) in [5.41, 5.74) is 5.60. The predicted octanol–water partition coefficient (Wildman–Crippen LogP) is 6.06. The van der Waals surface area contributed by atoms with Gasteiger partial charge in [-0.1, -0.05) is 29.8 Å². The highest BCUT2D eigenvalue weighted by atomic mass is 35.5. The van der Waals surface area contributed by atoms with Crippen LogP contribution in [0.1, 0.15) is 52.0 Å². The maximum Gasteiger partial charge on any atom is 0.338 e. The summed E-state index contributed by atoms with van der Waals surface area (Å²) < 4.78 is 18.8. The Morgan fingerprint density at radius 1 is 1.21 bits per heavy atom. The Hall–Kier alpha value is -3.69. The highest BCUT2D eigenvalue weighted by molar-refractivity contribution is 6.32. The molecule has 1 aliphatic carbocycles. The molecule has 0 amide bonds. The summed E-state index contributed by atoms with van der Waals surface area (Å²) in [5.74, 6) is -0.559. The van der Waals surface area contributed by atoms with Crippen LogP contribution in [0.4, 0.5) is 10.1 Å². The van der Waals surface area contributed by atoms with Gasteiger partial charge in [-0.2, -0.15) is 10.4 Å². The number of carbonyl (C=O) groups excluding carboxylic acids is 1. The molecule has 5 rings (SSSR count). The summed E-state index contributed by atoms with van der Waals surface area (Å²) in [5, 5.41) is 16.5. The Labute approximate surface area is 202 Å². The molecule has 0 N–H and O–H groups in total. The number of hydrogen-bond acceptors (Lipinski definition) is 5. The molecule has 0 saturated heterocycles. The summed E-state index contributed by atoms with van der Waals surface area (Å²) in [7, 11) is 0. The van der Waals surface area contributed by atoms with Crippen molar-refractivity contribution >= 4 is 29.0 Å². The van der Waals surface area contributed by atoms with E-state index in [1.807, 2.05) is 23.2 Å². The Morgan fingerprint density at radius 2 is 2.00 bits per heavy atom. The van der Waals surface area contributed by atoms with E-state index in [1.54, 1.807) is 37.3 Å². The van der Waals surface area contributed by atoms with Crippen molar-refractivity contribution in [3.05, 3.63) is 99.3 Å². The van der Waals surface area contributed by atoms with Gasteiger partial charge in [0.25, 0.3) is 0 Å².